The van der Waals surface area contributed by atoms with Gasteiger partial charge < -0.3 is 10.6 Å². The van der Waals surface area contributed by atoms with Gasteiger partial charge in [0.05, 0.1) is 6.07 Å². The van der Waals surface area contributed by atoms with E-state index in [1.807, 2.05) is 12.1 Å². The van der Waals surface area contributed by atoms with Gasteiger partial charge in [-0.15, -0.1) is 0 Å². The second kappa shape index (κ2) is 6.20. The van der Waals surface area contributed by atoms with Crippen molar-refractivity contribution >= 4 is 11.6 Å². The zero-order valence-corrected chi connectivity index (χ0v) is 11.5. The Labute approximate surface area is 109 Å². The van der Waals surface area contributed by atoms with Crippen LogP contribution in [0.25, 0.3) is 0 Å². The average Bonchev–Trinajstić information content (AvgIpc) is 2.34. The predicted molar refractivity (Wildman–Crippen MR) is 73.2 cm³/mol. The van der Waals surface area contributed by atoms with Crippen molar-refractivity contribution in [2.24, 2.45) is 11.3 Å². The van der Waals surface area contributed by atoms with Gasteiger partial charge in [0.25, 0.3) is 0 Å². The Morgan fingerprint density at radius 3 is 2.44 bits per heavy atom. The molecule has 0 saturated heterocycles. The highest BCUT2D eigenvalue weighted by molar-refractivity contribution is 5.46. The largest absolute Gasteiger partial charge is 0.369 e. The zero-order chi connectivity index (χ0) is 13.6. The van der Waals surface area contributed by atoms with Crippen LogP contribution >= 0.6 is 0 Å². The Bertz CT molecular complexity index is 420. The summed E-state index contributed by atoms with van der Waals surface area (Å²) in [4.78, 5) is 8.21. The van der Waals surface area contributed by atoms with E-state index >= 15 is 0 Å². The minimum absolute atomic E-state index is 0.200. The molecule has 0 amide bonds. The molecule has 0 unspecified atom stereocenters. The molecule has 0 bridgehead atoms. The zero-order valence-electron chi connectivity index (χ0n) is 11.5. The molecule has 1 aromatic heterocycles. The Morgan fingerprint density at radius 1 is 1.28 bits per heavy atom. The van der Waals surface area contributed by atoms with Crippen molar-refractivity contribution in [2.45, 2.75) is 27.7 Å². The molecule has 1 heterocycles. The first-order valence-electron chi connectivity index (χ1n) is 6.12. The lowest BCUT2D eigenvalue weighted by atomic mass is 9.81. The molecule has 0 atom stereocenters. The van der Waals surface area contributed by atoms with Gasteiger partial charge in [0.1, 0.15) is 24.5 Å². The van der Waals surface area contributed by atoms with Crippen LogP contribution in [0.15, 0.2) is 12.4 Å². The third-order valence-electron chi connectivity index (χ3n) is 3.30. The molecule has 1 aromatic rings. The minimum Gasteiger partial charge on any atom is -0.369 e. The Hall–Kier alpha value is -1.83. The fourth-order valence-corrected chi connectivity index (χ4v) is 1.20. The van der Waals surface area contributed by atoms with Crippen LogP contribution in [0.4, 0.5) is 11.6 Å². The quantitative estimate of drug-likeness (QED) is 0.755. The summed E-state index contributed by atoms with van der Waals surface area (Å²) < 4.78 is 0. The van der Waals surface area contributed by atoms with Crippen LogP contribution in [0.1, 0.15) is 27.7 Å². The van der Waals surface area contributed by atoms with Gasteiger partial charge in [0.15, 0.2) is 0 Å². The fourth-order valence-electron chi connectivity index (χ4n) is 1.20. The molecule has 98 valence electrons. The smallest absolute Gasteiger partial charge is 0.132 e. The Morgan fingerprint density at radius 2 is 1.89 bits per heavy atom. The Balaban J connectivity index is 2.60. The Kier molecular flexibility index (Phi) is 4.90. The highest BCUT2D eigenvalue weighted by Crippen LogP contribution is 2.26. The molecule has 0 fully saturated rings. The van der Waals surface area contributed by atoms with Crippen molar-refractivity contribution in [3.05, 3.63) is 12.4 Å². The van der Waals surface area contributed by atoms with Gasteiger partial charge in [0.2, 0.25) is 0 Å². The maximum atomic E-state index is 8.50. The standard InChI is InChI=1S/C13H21N5/c1-10(2)13(3,4)8-16-12-7-11(15-6-5-14)17-9-18-12/h7,9-10H,6,8H2,1-4H3,(H2,15,16,17,18). The van der Waals surface area contributed by atoms with Gasteiger partial charge >= 0.3 is 0 Å². The molecule has 0 spiro atoms. The molecule has 1 rings (SSSR count). The third-order valence-corrected chi connectivity index (χ3v) is 3.30. The highest BCUT2D eigenvalue weighted by atomic mass is 15.1. The first-order valence-corrected chi connectivity index (χ1v) is 6.12. The lowest BCUT2D eigenvalue weighted by molar-refractivity contribution is 0.269. The molecule has 0 aromatic carbocycles. The number of rotatable bonds is 6. The summed E-state index contributed by atoms with van der Waals surface area (Å²) in [5.41, 5.74) is 0.200. The van der Waals surface area contributed by atoms with Crippen molar-refractivity contribution in [2.75, 3.05) is 23.7 Å². The second-order valence-electron chi connectivity index (χ2n) is 5.30. The van der Waals surface area contributed by atoms with Gasteiger partial charge in [0, 0.05) is 12.6 Å². The number of anilines is 2. The van der Waals surface area contributed by atoms with Crippen LogP contribution in [0.2, 0.25) is 0 Å². The summed E-state index contributed by atoms with van der Waals surface area (Å²) >= 11 is 0. The first kappa shape index (κ1) is 14.2. The SMILES string of the molecule is CC(C)C(C)(C)CNc1cc(NCC#N)ncn1. The highest BCUT2D eigenvalue weighted by Gasteiger charge is 2.21. The van der Waals surface area contributed by atoms with Crippen LogP contribution < -0.4 is 10.6 Å². The number of hydrogen-bond donors (Lipinski definition) is 2. The van der Waals surface area contributed by atoms with E-state index in [9.17, 15) is 0 Å². The lowest BCUT2D eigenvalue weighted by Gasteiger charge is -2.29. The summed E-state index contributed by atoms with van der Waals surface area (Å²) in [6.45, 7) is 9.96. The predicted octanol–water partition coefficient (Wildman–Crippen LogP) is 2.51. The van der Waals surface area contributed by atoms with E-state index < -0.39 is 0 Å². The van der Waals surface area contributed by atoms with Crippen molar-refractivity contribution in [3.8, 4) is 6.07 Å². The molecule has 0 aliphatic rings. The van der Waals surface area contributed by atoms with E-state index in [0.717, 1.165) is 12.4 Å². The monoisotopic (exact) mass is 247 g/mol. The van der Waals surface area contributed by atoms with Gasteiger partial charge in [-0.2, -0.15) is 5.26 Å². The molecule has 2 N–H and O–H groups in total. The number of nitrogens with one attached hydrogen (secondary N) is 2. The van der Waals surface area contributed by atoms with Crippen LogP contribution in [0.5, 0.6) is 0 Å². The minimum atomic E-state index is 0.200. The van der Waals surface area contributed by atoms with E-state index in [2.05, 4.69) is 48.3 Å². The van der Waals surface area contributed by atoms with Crippen LogP contribution in [-0.2, 0) is 0 Å². The molecule has 18 heavy (non-hydrogen) atoms. The van der Waals surface area contributed by atoms with E-state index in [0.29, 0.717) is 11.7 Å². The number of hydrogen-bond acceptors (Lipinski definition) is 5. The van der Waals surface area contributed by atoms with Crippen molar-refractivity contribution in [1.29, 1.82) is 5.26 Å². The van der Waals surface area contributed by atoms with Crippen LogP contribution in [0.3, 0.4) is 0 Å². The summed E-state index contributed by atoms with van der Waals surface area (Å²) in [5.74, 6) is 2.03. The molecule has 0 saturated carbocycles. The molecule has 5 nitrogen and oxygen atoms in total. The number of nitriles is 1. The lowest BCUT2D eigenvalue weighted by Crippen LogP contribution is -2.28. The number of nitrogens with zero attached hydrogens (tertiary/aromatic N) is 3. The summed E-state index contributed by atoms with van der Waals surface area (Å²) in [6, 6.07) is 3.83. The maximum absolute atomic E-state index is 8.50. The first-order chi connectivity index (χ1) is 8.45. The van der Waals surface area contributed by atoms with Crippen molar-refractivity contribution in [3.63, 3.8) is 0 Å². The van der Waals surface area contributed by atoms with Crippen LogP contribution in [-0.4, -0.2) is 23.1 Å². The van der Waals surface area contributed by atoms with Crippen molar-refractivity contribution < 1.29 is 0 Å². The molecule has 5 heteroatoms. The topological polar surface area (TPSA) is 73.6 Å². The summed E-state index contributed by atoms with van der Waals surface area (Å²) in [6.07, 6.45) is 1.49. The van der Waals surface area contributed by atoms with E-state index in [-0.39, 0.29) is 12.0 Å². The normalized spacial score (nSPS) is 11.1. The molecule has 0 aliphatic carbocycles. The maximum Gasteiger partial charge on any atom is 0.132 e. The molecular formula is C13H21N5. The second-order valence-corrected chi connectivity index (χ2v) is 5.30. The van der Waals surface area contributed by atoms with Gasteiger partial charge in [-0.05, 0) is 11.3 Å². The van der Waals surface area contributed by atoms with Gasteiger partial charge in [-0.3, -0.25) is 0 Å². The summed E-state index contributed by atoms with van der Waals surface area (Å²) in [5, 5.41) is 14.7. The van der Waals surface area contributed by atoms with E-state index in [1.165, 1.54) is 6.33 Å². The molecule has 0 radical (unpaired) electrons. The van der Waals surface area contributed by atoms with Gasteiger partial charge in [-0.25, -0.2) is 9.97 Å². The van der Waals surface area contributed by atoms with Crippen LogP contribution in [0, 0.1) is 22.7 Å². The number of aromatic nitrogens is 2. The fraction of sp³-hybridized carbons (Fsp3) is 0.615. The third kappa shape index (κ3) is 4.21. The molecular weight excluding hydrogens is 226 g/mol. The van der Waals surface area contributed by atoms with Crippen molar-refractivity contribution in [1.82, 2.24) is 9.97 Å². The van der Waals surface area contributed by atoms with E-state index in [4.69, 9.17) is 5.26 Å². The van der Waals surface area contributed by atoms with E-state index in [1.54, 1.807) is 0 Å². The molecule has 0 aliphatic heterocycles. The van der Waals surface area contributed by atoms with Gasteiger partial charge in [-0.1, -0.05) is 27.7 Å². The summed E-state index contributed by atoms with van der Waals surface area (Å²) in [7, 11) is 0. The average molecular weight is 247 g/mol.